The van der Waals surface area contributed by atoms with Crippen molar-refractivity contribution in [1.29, 1.82) is 0 Å². The number of nitrogen functional groups attached to an aromatic ring is 2. The van der Waals surface area contributed by atoms with Crippen LogP contribution in [0, 0.1) is 0 Å². The van der Waals surface area contributed by atoms with Gasteiger partial charge in [-0.15, -0.1) is 46.2 Å². The molecule has 0 aliphatic carbocycles. The molecule has 4 unspecified atom stereocenters. The SMILES string of the molecule is CCN(Cc1cc[n+](CC2=C(C(=O)[O-])N3C(=O)C(NC(=O)/C(=N\OC)c4csc(N)n4)C3SC2)cc1)C(=O)CSCCSCC(=O)N(CC)c1ccc[n+](CC2=C(C(=O)[O-])N3C(=O)C(NC(=O)/C(=N/OC)c4csc(N)n4)C3SC2)c1. The second-order valence-corrected chi connectivity index (χ2v) is 24.1. The van der Waals surface area contributed by atoms with Gasteiger partial charge in [-0.1, -0.05) is 10.3 Å². The number of fused-ring (bicyclic) bond motifs is 2. The standard InChI is InChI=1S/C49H54N14O12S6/c1-5-60(16-26-9-12-58(13-10-26)17-27-20-78-44-36(42(68)62(44)38(27)46(70)71)54-40(66)34(56-74-3)30-22-80-48(50)52-30)32(64)24-76-14-15-77-25-33(65)61(6-2)29-8-7-11-59(19-29)18-28-21-79-45-37(43(69)63(45)39(28)47(72)73)55-41(67)35(57-75-4)31-23-81-49(51)53-31/h7-13,19,22-23,36-37,44-45H,5-6,14-18,20-21,24-25H2,1-4H3,(H6-2,50,51,52,53,54,55,66,67,70,71,72,73)/b56-34-,57-35+. The van der Waals surface area contributed by atoms with E-state index in [-0.39, 0.29) is 92.4 Å². The number of nitrogens with two attached hydrogens (primary N) is 2. The van der Waals surface area contributed by atoms with E-state index < -0.39 is 58.4 Å². The normalized spacial score (nSPS) is 18.8. The Balaban J connectivity index is 0.773. The van der Waals surface area contributed by atoms with Crippen LogP contribution in [0.2, 0.25) is 0 Å². The smallest absolute Gasteiger partial charge is 0.276 e. The van der Waals surface area contributed by atoms with Crippen LogP contribution in [0.5, 0.6) is 0 Å². The third-order valence-electron chi connectivity index (χ3n) is 12.8. The number of thiazole rings is 2. The Morgan fingerprint density at radius 3 is 1.68 bits per heavy atom. The van der Waals surface area contributed by atoms with Crippen LogP contribution in [0.25, 0.3) is 0 Å². The maximum absolute atomic E-state index is 13.5. The van der Waals surface area contributed by atoms with Gasteiger partial charge in [-0.05, 0) is 25.5 Å². The maximum Gasteiger partial charge on any atom is 0.276 e. The van der Waals surface area contributed by atoms with E-state index in [4.69, 9.17) is 21.1 Å². The molecular formula is C49H54N14O12S6. The van der Waals surface area contributed by atoms with Crippen LogP contribution in [0.1, 0.15) is 30.8 Å². The molecule has 32 heteroatoms. The lowest BCUT2D eigenvalue weighted by Gasteiger charge is -2.50. The third-order valence-corrected chi connectivity index (χ3v) is 19.0. The number of β-lactam (4-membered cyclic amide) rings is 2. The first kappa shape index (κ1) is 59.9. The van der Waals surface area contributed by atoms with E-state index >= 15 is 0 Å². The number of rotatable bonds is 26. The number of carbonyl (C=O) groups excluding carboxylic acids is 8. The summed E-state index contributed by atoms with van der Waals surface area (Å²) < 4.78 is 3.50. The summed E-state index contributed by atoms with van der Waals surface area (Å²) >= 11 is 7.68. The summed E-state index contributed by atoms with van der Waals surface area (Å²) in [7, 11) is 2.51. The van der Waals surface area contributed by atoms with E-state index in [1.807, 2.05) is 26.0 Å². The largest absolute Gasteiger partial charge is 0.543 e. The summed E-state index contributed by atoms with van der Waals surface area (Å²) in [5.74, 6) is -3.91. The van der Waals surface area contributed by atoms with E-state index in [2.05, 4.69) is 30.9 Å². The zero-order valence-corrected chi connectivity index (χ0v) is 48.7. The summed E-state index contributed by atoms with van der Waals surface area (Å²) in [5.41, 5.74) is 13.1. The molecule has 4 aromatic heterocycles. The number of anilines is 3. The van der Waals surface area contributed by atoms with Gasteiger partial charge in [0.15, 0.2) is 59.6 Å². The molecule has 0 bridgehead atoms. The Bertz CT molecular complexity index is 3240. The first-order valence-electron chi connectivity index (χ1n) is 24.7. The molecule has 4 aliphatic rings. The van der Waals surface area contributed by atoms with Crippen molar-refractivity contribution in [2.75, 3.05) is 78.2 Å². The van der Waals surface area contributed by atoms with Crippen molar-refractivity contribution >= 4 is 144 Å². The highest BCUT2D eigenvalue weighted by Gasteiger charge is 2.55. The Morgan fingerprint density at radius 2 is 1.23 bits per heavy atom. The number of amides is 6. The molecule has 0 spiro atoms. The zero-order chi connectivity index (χ0) is 58.1. The summed E-state index contributed by atoms with van der Waals surface area (Å²) in [4.78, 5) is 128. The number of hydrogen-bond donors (Lipinski definition) is 4. The second-order valence-electron chi connectivity index (χ2n) is 17.9. The third kappa shape index (κ3) is 13.6. The number of nitrogens with one attached hydrogen (secondary N) is 2. The maximum atomic E-state index is 13.5. The van der Waals surface area contributed by atoms with Gasteiger partial charge in [-0.25, -0.2) is 14.5 Å². The number of aliphatic carboxylic acids is 2. The zero-order valence-electron chi connectivity index (χ0n) is 43.8. The molecule has 0 radical (unpaired) electrons. The first-order chi connectivity index (χ1) is 39.0. The van der Waals surface area contributed by atoms with Crippen molar-refractivity contribution in [3.8, 4) is 0 Å². The molecule has 0 aromatic carbocycles. The molecule has 8 rings (SSSR count). The van der Waals surface area contributed by atoms with Gasteiger partial charge in [0.2, 0.25) is 11.8 Å². The summed E-state index contributed by atoms with van der Waals surface area (Å²) in [6.07, 6.45) is 7.00. The van der Waals surface area contributed by atoms with Crippen molar-refractivity contribution in [2.24, 2.45) is 10.3 Å². The Hall–Kier alpha value is -7.26. The number of thioether (sulfide) groups is 4. The van der Waals surface area contributed by atoms with E-state index in [0.717, 1.165) is 38.0 Å². The molecular weight excluding hydrogens is 1170 g/mol. The quantitative estimate of drug-likeness (QED) is 0.0176. The molecule has 4 atom stereocenters. The average Bonchev–Trinajstić information content (AvgIpc) is 4.25. The minimum Gasteiger partial charge on any atom is -0.543 e. The van der Waals surface area contributed by atoms with E-state index in [1.165, 1.54) is 72.0 Å². The van der Waals surface area contributed by atoms with Crippen molar-refractivity contribution in [3.05, 3.63) is 99.3 Å². The molecule has 81 heavy (non-hydrogen) atoms. The van der Waals surface area contributed by atoms with Gasteiger partial charge in [-0.3, -0.25) is 38.6 Å². The monoisotopic (exact) mass is 1220 g/mol. The number of carbonyl (C=O) groups is 8. The van der Waals surface area contributed by atoms with E-state index in [0.29, 0.717) is 48.0 Å². The number of carboxylic acids is 2. The fourth-order valence-corrected chi connectivity index (χ4v) is 14.7. The Labute approximate surface area is 488 Å². The summed E-state index contributed by atoms with van der Waals surface area (Å²) in [6.45, 7) is 5.12. The van der Waals surface area contributed by atoms with Gasteiger partial charge in [0.1, 0.15) is 54.1 Å². The Morgan fingerprint density at radius 1 is 0.741 bits per heavy atom. The van der Waals surface area contributed by atoms with Crippen LogP contribution in [-0.2, 0) is 67.7 Å². The molecule has 8 heterocycles. The highest BCUT2D eigenvalue weighted by molar-refractivity contribution is 8.03. The minimum absolute atomic E-state index is 0.0587. The highest BCUT2D eigenvalue weighted by Crippen LogP contribution is 2.41. The topological polar surface area (TPSA) is 348 Å². The number of pyridine rings is 2. The van der Waals surface area contributed by atoms with Crippen LogP contribution in [-0.4, -0.2) is 168 Å². The van der Waals surface area contributed by atoms with Crippen LogP contribution < -0.4 is 46.3 Å². The van der Waals surface area contributed by atoms with E-state index in [9.17, 15) is 48.6 Å². The molecule has 26 nitrogen and oxygen atoms in total. The van der Waals surface area contributed by atoms with Gasteiger partial charge >= 0.3 is 0 Å². The van der Waals surface area contributed by atoms with Gasteiger partial charge in [-0.2, -0.15) is 28.1 Å². The van der Waals surface area contributed by atoms with Crippen molar-refractivity contribution in [3.63, 3.8) is 0 Å². The van der Waals surface area contributed by atoms with Crippen LogP contribution in [0.15, 0.2) is 92.7 Å². The van der Waals surface area contributed by atoms with Gasteiger partial charge in [0, 0.05) is 82.8 Å². The summed E-state index contributed by atoms with van der Waals surface area (Å²) in [5, 5.41) is 39.8. The van der Waals surface area contributed by atoms with Gasteiger partial charge in [0.25, 0.3) is 23.6 Å². The number of oxime groups is 2. The molecule has 428 valence electrons. The average molecular weight is 1220 g/mol. The van der Waals surface area contributed by atoms with Crippen molar-refractivity contribution in [1.82, 2.24) is 35.3 Å². The second kappa shape index (κ2) is 27.0. The van der Waals surface area contributed by atoms with Crippen molar-refractivity contribution in [2.45, 2.75) is 56.3 Å². The van der Waals surface area contributed by atoms with Crippen LogP contribution in [0.3, 0.4) is 0 Å². The highest BCUT2D eigenvalue weighted by atomic mass is 32.2. The predicted octanol–water partition coefficient (Wildman–Crippen LogP) is -1.88. The molecule has 6 amide bonds. The minimum atomic E-state index is -1.54. The first-order valence-corrected chi connectivity index (χ1v) is 30.9. The Kier molecular flexibility index (Phi) is 20.0. The molecule has 0 saturated carbocycles. The number of carboxylic acid groups (broad SMARTS) is 2. The van der Waals surface area contributed by atoms with Crippen molar-refractivity contribution < 1.29 is 67.4 Å². The fourth-order valence-electron chi connectivity index (χ4n) is 9.00. The lowest BCUT2D eigenvalue weighted by atomic mass is 10.0. The predicted molar refractivity (Wildman–Crippen MR) is 301 cm³/mol. The molecule has 4 aromatic rings. The number of hydrogen-bond acceptors (Lipinski definition) is 24. The number of aromatic nitrogens is 4. The van der Waals surface area contributed by atoms with Crippen LogP contribution in [0.4, 0.5) is 16.0 Å². The lowest BCUT2D eigenvalue weighted by molar-refractivity contribution is -0.689. The fraction of sp³-hybridized carbons (Fsp3) is 0.388. The summed E-state index contributed by atoms with van der Waals surface area (Å²) in [6, 6.07) is 5.11. The molecule has 2 fully saturated rings. The molecule has 2 saturated heterocycles. The van der Waals surface area contributed by atoms with Gasteiger partial charge < -0.3 is 61.4 Å². The van der Waals surface area contributed by atoms with Gasteiger partial charge in [0.05, 0.1) is 34.8 Å². The molecule has 4 aliphatic heterocycles. The lowest BCUT2D eigenvalue weighted by Crippen LogP contribution is -2.71. The molecule has 6 N–H and O–H groups in total. The van der Waals surface area contributed by atoms with Crippen LogP contribution >= 0.6 is 69.7 Å². The van der Waals surface area contributed by atoms with E-state index in [1.54, 1.807) is 55.9 Å². The number of nitrogens with zero attached hydrogens (tertiary/aromatic N) is 10.